The molecule has 2 amide bonds. The van der Waals surface area contributed by atoms with E-state index in [1.165, 1.54) is 0 Å². The van der Waals surface area contributed by atoms with E-state index in [1.807, 2.05) is 54.3 Å². The van der Waals surface area contributed by atoms with Gasteiger partial charge in [-0.3, -0.25) is 9.59 Å². The van der Waals surface area contributed by atoms with Crippen molar-refractivity contribution < 1.29 is 14.0 Å². The summed E-state index contributed by atoms with van der Waals surface area (Å²) >= 11 is 0. The molecule has 136 valence electrons. The van der Waals surface area contributed by atoms with Crippen LogP contribution in [0.1, 0.15) is 43.6 Å². The van der Waals surface area contributed by atoms with Gasteiger partial charge in [0.1, 0.15) is 5.76 Å². The predicted octanol–water partition coefficient (Wildman–Crippen LogP) is 3.38. The van der Waals surface area contributed by atoms with Gasteiger partial charge in [-0.2, -0.15) is 0 Å². The standard InChI is InChI=1S/C21H24N2O3/c1-15(19-8-5-11-26-19)23(18-9-10-18)21(25)17-12-20(24)22(14-17)13-16-6-3-2-4-7-16/h2-8,11,15,17-18H,9-10,12-14H2,1H3. The fourth-order valence-electron chi connectivity index (χ4n) is 3.81. The van der Waals surface area contributed by atoms with Gasteiger partial charge < -0.3 is 14.2 Å². The number of carbonyl (C=O) groups excluding carboxylic acids is 2. The van der Waals surface area contributed by atoms with E-state index < -0.39 is 0 Å². The van der Waals surface area contributed by atoms with Gasteiger partial charge in [0.15, 0.2) is 0 Å². The normalized spacial score (nSPS) is 21.0. The fourth-order valence-corrected chi connectivity index (χ4v) is 3.81. The third-order valence-corrected chi connectivity index (χ3v) is 5.35. The molecular weight excluding hydrogens is 328 g/mol. The predicted molar refractivity (Wildman–Crippen MR) is 97.0 cm³/mol. The first-order chi connectivity index (χ1) is 12.6. The molecule has 1 aliphatic carbocycles. The van der Waals surface area contributed by atoms with Gasteiger partial charge in [-0.05, 0) is 37.5 Å². The SMILES string of the molecule is CC(c1ccco1)N(C(=O)C1CC(=O)N(Cc2ccccc2)C1)C1CC1. The Hall–Kier alpha value is -2.56. The van der Waals surface area contributed by atoms with Gasteiger partial charge in [-0.15, -0.1) is 0 Å². The molecule has 2 aliphatic rings. The minimum atomic E-state index is -0.260. The highest BCUT2D eigenvalue weighted by Gasteiger charge is 2.43. The molecule has 5 nitrogen and oxygen atoms in total. The molecule has 2 heterocycles. The monoisotopic (exact) mass is 352 g/mol. The highest BCUT2D eigenvalue weighted by atomic mass is 16.3. The molecule has 1 saturated heterocycles. The molecule has 5 heteroatoms. The first kappa shape index (κ1) is 16.9. The zero-order valence-corrected chi connectivity index (χ0v) is 15.0. The molecule has 0 bridgehead atoms. The number of furan rings is 1. The maximum absolute atomic E-state index is 13.2. The highest BCUT2D eigenvalue weighted by molar-refractivity contribution is 5.89. The van der Waals surface area contributed by atoms with E-state index in [0.717, 1.165) is 24.2 Å². The average Bonchev–Trinajstić information content (AvgIpc) is 3.18. The van der Waals surface area contributed by atoms with Crippen LogP contribution in [0.5, 0.6) is 0 Å². The second kappa shape index (κ2) is 6.98. The van der Waals surface area contributed by atoms with Crippen LogP contribution in [0.15, 0.2) is 53.1 Å². The Balaban J connectivity index is 1.46. The quantitative estimate of drug-likeness (QED) is 0.801. The van der Waals surface area contributed by atoms with Crippen molar-refractivity contribution in [2.75, 3.05) is 6.54 Å². The summed E-state index contributed by atoms with van der Waals surface area (Å²) in [6.07, 6.45) is 4.01. The summed E-state index contributed by atoms with van der Waals surface area (Å²) in [5.41, 5.74) is 1.09. The Morgan fingerprint density at radius 1 is 1.23 bits per heavy atom. The van der Waals surface area contributed by atoms with Crippen molar-refractivity contribution in [1.29, 1.82) is 0 Å². The smallest absolute Gasteiger partial charge is 0.228 e. The van der Waals surface area contributed by atoms with Gasteiger partial charge in [0.05, 0.1) is 18.2 Å². The maximum Gasteiger partial charge on any atom is 0.228 e. The summed E-state index contributed by atoms with van der Waals surface area (Å²) < 4.78 is 5.52. The second-order valence-corrected chi connectivity index (χ2v) is 7.33. The van der Waals surface area contributed by atoms with Gasteiger partial charge >= 0.3 is 0 Å². The lowest BCUT2D eigenvalue weighted by Gasteiger charge is -2.30. The number of carbonyl (C=O) groups is 2. The number of hydrogen-bond donors (Lipinski definition) is 0. The van der Waals surface area contributed by atoms with E-state index in [1.54, 1.807) is 11.2 Å². The first-order valence-electron chi connectivity index (χ1n) is 9.30. The van der Waals surface area contributed by atoms with Gasteiger partial charge in [0, 0.05) is 25.6 Å². The van der Waals surface area contributed by atoms with Gasteiger partial charge in [-0.1, -0.05) is 30.3 Å². The zero-order chi connectivity index (χ0) is 18.1. The topological polar surface area (TPSA) is 53.8 Å². The molecule has 0 spiro atoms. The van der Waals surface area contributed by atoms with Crippen LogP contribution in [0, 0.1) is 5.92 Å². The van der Waals surface area contributed by atoms with E-state index in [-0.39, 0.29) is 29.8 Å². The molecule has 1 saturated carbocycles. The van der Waals surface area contributed by atoms with Crippen LogP contribution in [0.2, 0.25) is 0 Å². The largest absolute Gasteiger partial charge is 0.467 e. The molecule has 4 rings (SSSR count). The Kier molecular flexibility index (Phi) is 4.53. The van der Waals surface area contributed by atoms with Crippen molar-refractivity contribution in [2.45, 2.75) is 44.8 Å². The third-order valence-electron chi connectivity index (χ3n) is 5.35. The summed E-state index contributed by atoms with van der Waals surface area (Å²) in [5, 5.41) is 0. The van der Waals surface area contributed by atoms with E-state index in [0.29, 0.717) is 19.5 Å². The Bertz CT molecular complexity index is 768. The second-order valence-electron chi connectivity index (χ2n) is 7.33. The zero-order valence-electron chi connectivity index (χ0n) is 15.0. The number of hydrogen-bond acceptors (Lipinski definition) is 3. The molecule has 2 fully saturated rings. The minimum absolute atomic E-state index is 0.0635. The van der Waals surface area contributed by atoms with Gasteiger partial charge in [0.2, 0.25) is 11.8 Å². The summed E-state index contributed by atoms with van der Waals surface area (Å²) in [4.78, 5) is 29.4. The molecule has 2 unspecified atom stereocenters. The van der Waals surface area contributed by atoms with Crippen LogP contribution in [0.4, 0.5) is 0 Å². The Morgan fingerprint density at radius 2 is 2.00 bits per heavy atom. The molecule has 1 aromatic carbocycles. The van der Waals surface area contributed by atoms with E-state index >= 15 is 0 Å². The molecule has 1 aromatic heterocycles. The summed E-state index contributed by atoms with van der Waals surface area (Å²) in [5.74, 6) is 0.689. The van der Waals surface area contributed by atoms with Crippen molar-refractivity contribution >= 4 is 11.8 Å². The number of nitrogens with zero attached hydrogens (tertiary/aromatic N) is 2. The number of amides is 2. The summed E-state index contributed by atoms with van der Waals surface area (Å²) in [7, 11) is 0. The van der Waals surface area contributed by atoms with E-state index in [4.69, 9.17) is 4.42 Å². The fraction of sp³-hybridized carbons (Fsp3) is 0.429. The van der Waals surface area contributed by atoms with Crippen molar-refractivity contribution in [3.8, 4) is 0 Å². The lowest BCUT2D eigenvalue weighted by Crippen LogP contribution is -2.40. The van der Waals surface area contributed by atoms with Crippen molar-refractivity contribution in [3.05, 3.63) is 60.1 Å². The first-order valence-corrected chi connectivity index (χ1v) is 9.30. The van der Waals surface area contributed by atoms with Crippen LogP contribution < -0.4 is 0 Å². The van der Waals surface area contributed by atoms with Crippen LogP contribution in [-0.2, 0) is 16.1 Å². The molecule has 2 atom stereocenters. The minimum Gasteiger partial charge on any atom is -0.467 e. The highest BCUT2D eigenvalue weighted by Crippen LogP contribution is 2.37. The van der Waals surface area contributed by atoms with Crippen LogP contribution in [0.25, 0.3) is 0 Å². The number of likely N-dealkylation sites (tertiary alicyclic amines) is 1. The molecule has 1 aliphatic heterocycles. The van der Waals surface area contributed by atoms with Crippen LogP contribution in [-0.4, -0.2) is 34.2 Å². The van der Waals surface area contributed by atoms with Crippen molar-refractivity contribution in [3.63, 3.8) is 0 Å². The van der Waals surface area contributed by atoms with Gasteiger partial charge in [-0.25, -0.2) is 0 Å². The van der Waals surface area contributed by atoms with Crippen LogP contribution >= 0.6 is 0 Å². The number of benzene rings is 1. The van der Waals surface area contributed by atoms with E-state index in [9.17, 15) is 9.59 Å². The maximum atomic E-state index is 13.2. The summed E-state index contributed by atoms with van der Waals surface area (Å²) in [6.45, 7) is 3.08. The molecule has 26 heavy (non-hydrogen) atoms. The van der Waals surface area contributed by atoms with Crippen molar-refractivity contribution in [2.24, 2.45) is 5.92 Å². The molecular formula is C21H24N2O3. The number of rotatable bonds is 6. The molecule has 0 N–H and O–H groups in total. The molecule has 2 aromatic rings. The van der Waals surface area contributed by atoms with Crippen LogP contribution in [0.3, 0.4) is 0 Å². The van der Waals surface area contributed by atoms with Gasteiger partial charge in [0.25, 0.3) is 0 Å². The third kappa shape index (κ3) is 3.39. The summed E-state index contributed by atoms with van der Waals surface area (Å²) in [6, 6.07) is 13.9. The Morgan fingerprint density at radius 3 is 2.65 bits per heavy atom. The Labute approximate surface area is 153 Å². The van der Waals surface area contributed by atoms with Crippen molar-refractivity contribution in [1.82, 2.24) is 9.80 Å². The lowest BCUT2D eigenvalue weighted by molar-refractivity contribution is -0.139. The average molecular weight is 352 g/mol. The van der Waals surface area contributed by atoms with E-state index in [2.05, 4.69) is 0 Å². The molecule has 0 radical (unpaired) electrons. The lowest BCUT2D eigenvalue weighted by atomic mass is 10.0.